The molecular weight excluding hydrogens is 246 g/mol. The Hall–Kier alpha value is -1.67. The fourth-order valence-electron chi connectivity index (χ4n) is 1.23. The van der Waals surface area contributed by atoms with Gasteiger partial charge < -0.3 is 4.74 Å². The molecule has 0 aromatic heterocycles. The Labute approximate surface area is 112 Å². The Morgan fingerprint density at radius 1 is 1.56 bits per heavy atom. The third-order valence-electron chi connectivity index (χ3n) is 2.35. The van der Waals surface area contributed by atoms with Crippen LogP contribution in [0.15, 0.2) is 29.3 Å². The molecule has 0 radical (unpaired) electrons. The molecule has 96 valence electrons. The van der Waals surface area contributed by atoms with Gasteiger partial charge in [-0.05, 0) is 31.7 Å². The van der Waals surface area contributed by atoms with Gasteiger partial charge in [0, 0.05) is 0 Å². The van der Waals surface area contributed by atoms with Crippen molar-refractivity contribution in [3.8, 4) is 11.9 Å². The molecule has 0 bridgehead atoms. The van der Waals surface area contributed by atoms with Crippen LogP contribution in [0.25, 0.3) is 0 Å². The van der Waals surface area contributed by atoms with Gasteiger partial charge in [-0.1, -0.05) is 30.8 Å². The molecule has 1 aromatic carbocycles. The van der Waals surface area contributed by atoms with Crippen molar-refractivity contribution in [2.75, 3.05) is 6.26 Å². The summed E-state index contributed by atoms with van der Waals surface area (Å²) in [6.07, 6.45) is 4.81. The topological polar surface area (TPSA) is 57.4 Å². The minimum absolute atomic E-state index is 0.142. The minimum Gasteiger partial charge on any atom is -0.488 e. The first-order chi connectivity index (χ1) is 8.71. The van der Waals surface area contributed by atoms with Crippen LogP contribution in [0, 0.1) is 11.5 Å². The maximum Gasteiger partial charge on any atom is 0.183 e. The van der Waals surface area contributed by atoms with Gasteiger partial charge in [-0.2, -0.15) is 5.26 Å². The highest BCUT2D eigenvalue weighted by Gasteiger charge is 2.07. The Morgan fingerprint density at radius 2 is 2.28 bits per heavy atom. The van der Waals surface area contributed by atoms with Gasteiger partial charge in [-0.3, -0.25) is 5.32 Å². The summed E-state index contributed by atoms with van der Waals surface area (Å²) in [4.78, 5) is 4.38. The molecule has 1 rings (SSSR count). The average molecular weight is 263 g/mol. The largest absolute Gasteiger partial charge is 0.488 e. The highest BCUT2D eigenvalue weighted by molar-refractivity contribution is 8.13. The molecule has 0 aliphatic heterocycles. The van der Waals surface area contributed by atoms with E-state index in [-0.39, 0.29) is 6.10 Å². The molecule has 1 N–H and O–H groups in total. The fourth-order valence-corrected chi connectivity index (χ4v) is 1.57. The van der Waals surface area contributed by atoms with Crippen LogP contribution in [0.5, 0.6) is 5.75 Å². The number of nitrogens with zero attached hydrogens (tertiary/aromatic N) is 2. The summed E-state index contributed by atoms with van der Waals surface area (Å²) in [7, 11) is 0. The number of ether oxygens (including phenoxy) is 1. The van der Waals surface area contributed by atoms with E-state index >= 15 is 0 Å². The normalized spacial score (nSPS) is 12.7. The number of para-hydroxylation sites is 2. The number of thioether (sulfide) groups is 1. The third kappa shape index (κ3) is 4.30. The molecule has 0 spiro atoms. The van der Waals surface area contributed by atoms with Crippen LogP contribution in [0.3, 0.4) is 0 Å². The van der Waals surface area contributed by atoms with Gasteiger partial charge in [-0.25, -0.2) is 4.99 Å². The second kappa shape index (κ2) is 7.62. The van der Waals surface area contributed by atoms with E-state index in [1.54, 1.807) is 0 Å². The lowest BCUT2D eigenvalue weighted by molar-refractivity contribution is 0.218. The van der Waals surface area contributed by atoms with E-state index in [1.807, 2.05) is 43.6 Å². The molecule has 0 fully saturated rings. The maximum atomic E-state index is 8.61. The molecule has 4 nitrogen and oxygen atoms in total. The highest BCUT2D eigenvalue weighted by Crippen LogP contribution is 2.28. The summed E-state index contributed by atoms with van der Waals surface area (Å²) in [5.74, 6) is 0.734. The van der Waals surface area contributed by atoms with E-state index < -0.39 is 0 Å². The average Bonchev–Trinajstić information content (AvgIpc) is 2.40. The first kappa shape index (κ1) is 14.4. The van der Waals surface area contributed by atoms with Crippen LogP contribution in [-0.4, -0.2) is 17.5 Å². The number of hydrogen-bond acceptors (Lipinski definition) is 4. The molecule has 1 atom stereocenters. The molecule has 0 amide bonds. The number of amidine groups is 1. The zero-order valence-corrected chi connectivity index (χ0v) is 11.6. The monoisotopic (exact) mass is 263 g/mol. The minimum atomic E-state index is 0.142. The maximum absolute atomic E-state index is 8.61. The van der Waals surface area contributed by atoms with Gasteiger partial charge in [0.05, 0.1) is 6.10 Å². The second-order valence-corrected chi connectivity index (χ2v) is 4.46. The number of nitriles is 1. The molecule has 0 saturated heterocycles. The molecule has 0 aliphatic carbocycles. The molecule has 1 unspecified atom stereocenters. The van der Waals surface area contributed by atoms with Crippen LogP contribution in [-0.2, 0) is 0 Å². The van der Waals surface area contributed by atoms with Gasteiger partial charge >= 0.3 is 0 Å². The molecule has 0 aliphatic rings. The fraction of sp³-hybridized carbons (Fsp3) is 0.385. The van der Waals surface area contributed by atoms with E-state index in [1.165, 1.54) is 11.8 Å². The van der Waals surface area contributed by atoms with Crippen molar-refractivity contribution in [2.45, 2.75) is 26.4 Å². The molecule has 5 heteroatoms. The van der Waals surface area contributed by atoms with E-state index in [9.17, 15) is 0 Å². The van der Waals surface area contributed by atoms with Crippen molar-refractivity contribution in [1.29, 1.82) is 5.26 Å². The molecular formula is C13H17N3OS. The van der Waals surface area contributed by atoms with Crippen molar-refractivity contribution in [3.05, 3.63) is 24.3 Å². The van der Waals surface area contributed by atoms with Crippen LogP contribution in [0.1, 0.15) is 20.3 Å². The highest BCUT2D eigenvalue weighted by atomic mass is 32.2. The Morgan fingerprint density at radius 3 is 2.89 bits per heavy atom. The van der Waals surface area contributed by atoms with Crippen LogP contribution in [0.4, 0.5) is 5.69 Å². The van der Waals surface area contributed by atoms with Crippen molar-refractivity contribution >= 4 is 22.6 Å². The lowest BCUT2D eigenvalue weighted by Gasteiger charge is -2.14. The summed E-state index contributed by atoms with van der Waals surface area (Å²) >= 11 is 1.38. The smallest absolute Gasteiger partial charge is 0.183 e. The van der Waals surface area contributed by atoms with Gasteiger partial charge in [0.25, 0.3) is 0 Å². The van der Waals surface area contributed by atoms with Crippen molar-refractivity contribution in [1.82, 2.24) is 5.32 Å². The summed E-state index contributed by atoms with van der Waals surface area (Å²) in [6, 6.07) is 7.56. The first-order valence-electron chi connectivity index (χ1n) is 5.74. The van der Waals surface area contributed by atoms with E-state index in [4.69, 9.17) is 10.00 Å². The van der Waals surface area contributed by atoms with Gasteiger partial charge in [0.2, 0.25) is 0 Å². The number of rotatable bonds is 4. The van der Waals surface area contributed by atoms with Crippen LogP contribution in [0.2, 0.25) is 0 Å². The molecule has 1 aromatic rings. The zero-order valence-electron chi connectivity index (χ0n) is 10.8. The SMILES string of the molecule is CCC(C)Oc1ccccc1N=C(NC#N)SC. The summed E-state index contributed by atoms with van der Waals surface area (Å²) < 4.78 is 5.79. The first-order valence-corrected chi connectivity index (χ1v) is 6.97. The number of aliphatic imine (C=N–C) groups is 1. The summed E-state index contributed by atoms with van der Waals surface area (Å²) in [6.45, 7) is 4.09. The van der Waals surface area contributed by atoms with Gasteiger partial charge in [0.1, 0.15) is 11.4 Å². The van der Waals surface area contributed by atoms with E-state index in [2.05, 4.69) is 17.2 Å². The van der Waals surface area contributed by atoms with Gasteiger partial charge in [-0.15, -0.1) is 0 Å². The standard InChI is InChI=1S/C13H17N3OS/c1-4-10(2)17-12-8-6-5-7-11(12)16-13(18-3)15-9-14/h5-8,10H,4H2,1-3H3,(H,15,16). The predicted molar refractivity (Wildman–Crippen MR) is 76.2 cm³/mol. The molecule has 0 heterocycles. The van der Waals surface area contributed by atoms with Crippen molar-refractivity contribution in [2.24, 2.45) is 4.99 Å². The van der Waals surface area contributed by atoms with Crippen LogP contribution >= 0.6 is 11.8 Å². The van der Waals surface area contributed by atoms with Crippen LogP contribution < -0.4 is 10.1 Å². The quantitative estimate of drug-likeness (QED) is 0.392. The lowest BCUT2D eigenvalue weighted by Crippen LogP contribution is -2.13. The van der Waals surface area contributed by atoms with Crippen molar-refractivity contribution < 1.29 is 4.74 Å². The number of benzene rings is 1. The number of hydrogen-bond donors (Lipinski definition) is 1. The number of nitrogens with one attached hydrogen (secondary N) is 1. The lowest BCUT2D eigenvalue weighted by atomic mass is 10.2. The molecule has 18 heavy (non-hydrogen) atoms. The zero-order chi connectivity index (χ0) is 13.4. The van der Waals surface area contributed by atoms with E-state index in [0.717, 1.165) is 17.9 Å². The summed E-state index contributed by atoms with van der Waals surface area (Å²) in [5.41, 5.74) is 0.727. The Bertz CT molecular complexity index is 454. The van der Waals surface area contributed by atoms with E-state index in [0.29, 0.717) is 5.17 Å². The third-order valence-corrected chi connectivity index (χ3v) is 2.93. The Balaban J connectivity index is 2.98. The summed E-state index contributed by atoms with van der Waals surface area (Å²) in [5, 5.41) is 11.7. The van der Waals surface area contributed by atoms with Crippen molar-refractivity contribution in [3.63, 3.8) is 0 Å². The predicted octanol–water partition coefficient (Wildman–Crippen LogP) is 3.29. The Kier molecular flexibility index (Phi) is 6.09. The van der Waals surface area contributed by atoms with Gasteiger partial charge in [0.15, 0.2) is 11.4 Å². The second-order valence-electron chi connectivity index (χ2n) is 3.66. The molecule has 0 saturated carbocycles.